The van der Waals surface area contributed by atoms with Crippen LogP contribution in [-0.4, -0.2) is 67.2 Å². The second-order valence-corrected chi connectivity index (χ2v) is 8.21. The summed E-state index contributed by atoms with van der Waals surface area (Å²) in [6.07, 6.45) is 1.78. The van der Waals surface area contributed by atoms with Gasteiger partial charge in [-0.1, -0.05) is 24.3 Å². The normalized spacial score (nSPS) is 23.2. The third-order valence-corrected chi connectivity index (χ3v) is 6.19. The highest BCUT2D eigenvalue weighted by Gasteiger charge is 2.38. The number of hydrogen-bond donors (Lipinski definition) is 1. The Kier molecular flexibility index (Phi) is 5.61. The van der Waals surface area contributed by atoms with Gasteiger partial charge in [-0.15, -0.1) is 0 Å². The van der Waals surface area contributed by atoms with Crippen molar-refractivity contribution in [3.05, 3.63) is 65.2 Å². The van der Waals surface area contributed by atoms with Crippen molar-refractivity contribution in [2.45, 2.75) is 25.1 Å². The van der Waals surface area contributed by atoms with Crippen LogP contribution in [0.1, 0.15) is 45.3 Å². The number of carbonyl (C=O) groups excluding carboxylic acids is 2. The minimum Gasteiger partial charge on any atom is -0.378 e. The molecule has 2 fully saturated rings. The van der Waals surface area contributed by atoms with Crippen LogP contribution in [0.5, 0.6) is 0 Å². The summed E-state index contributed by atoms with van der Waals surface area (Å²) in [5.74, 6) is 0.0233. The fourth-order valence-electron chi connectivity index (χ4n) is 4.57. The first-order valence-electron chi connectivity index (χ1n) is 11.0. The van der Waals surface area contributed by atoms with Crippen LogP contribution in [0.25, 0.3) is 0 Å². The Balaban J connectivity index is 1.39. The molecule has 7 heteroatoms. The molecule has 3 heterocycles. The van der Waals surface area contributed by atoms with E-state index in [0.717, 1.165) is 36.3 Å². The number of nitrogens with one attached hydrogen (secondary N) is 1. The van der Waals surface area contributed by atoms with E-state index in [2.05, 4.69) is 5.32 Å². The monoisotopic (exact) mass is 421 g/mol. The summed E-state index contributed by atoms with van der Waals surface area (Å²) in [6, 6.07) is 15.2. The molecule has 2 amide bonds. The summed E-state index contributed by atoms with van der Waals surface area (Å²) in [5, 5.41) is 3.50. The molecule has 31 heavy (non-hydrogen) atoms. The van der Waals surface area contributed by atoms with Crippen molar-refractivity contribution in [1.82, 2.24) is 9.80 Å². The molecule has 3 aliphatic heterocycles. The van der Waals surface area contributed by atoms with Gasteiger partial charge >= 0.3 is 0 Å². The molecule has 0 aromatic heterocycles. The molecule has 0 radical (unpaired) electrons. The number of morpholine rings is 1. The van der Waals surface area contributed by atoms with Crippen molar-refractivity contribution in [2.24, 2.45) is 0 Å². The lowest BCUT2D eigenvalue weighted by atomic mass is 10.1. The molecule has 162 valence electrons. The number of ether oxygens (including phenoxy) is 2. The molecule has 2 unspecified atom stereocenters. The third kappa shape index (κ3) is 4.03. The number of carbonyl (C=O) groups is 2. The quantitative estimate of drug-likeness (QED) is 0.804. The molecular weight excluding hydrogens is 394 g/mol. The van der Waals surface area contributed by atoms with Gasteiger partial charge in [-0.05, 0) is 37.1 Å². The molecule has 2 atom stereocenters. The number of anilines is 1. The smallest absolute Gasteiger partial charge is 0.256 e. The maximum Gasteiger partial charge on any atom is 0.256 e. The lowest BCUT2D eigenvalue weighted by Gasteiger charge is -2.29. The number of rotatable bonds is 5. The van der Waals surface area contributed by atoms with Crippen LogP contribution in [0.3, 0.4) is 0 Å². The second kappa shape index (κ2) is 8.69. The Morgan fingerprint density at radius 3 is 2.71 bits per heavy atom. The predicted molar refractivity (Wildman–Crippen MR) is 116 cm³/mol. The topological polar surface area (TPSA) is 71.1 Å². The van der Waals surface area contributed by atoms with Gasteiger partial charge in [-0.2, -0.15) is 0 Å². The molecule has 5 rings (SSSR count). The first-order chi connectivity index (χ1) is 15.2. The van der Waals surface area contributed by atoms with Crippen molar-refractivity contribution >= 4 is 17.5 Å². The summed E-state index contributed by atoms with van der Waals surface area (Å²) < 4.78 is 11.2. The highest BCUT2D eigenvalue weighted by atomic mass is 16.5. The maximum absolute atomic E-state index is 13.1. The fraction of sp³-hybridized carbons (Fsp3) is 0.417. The lowest BCUT2D eigenvalue weighted by Crippen LogP contribution is -2.40. The van der Waals surface area contributed by atoms with Gasteiger partial charge in [0, 0.05) is 48.6 Å². The maximum atomic E-state index is 13.1. The number of benzene rings is 2. The van der Waals surface area contributed by atoms with Crippen molar-refractivity contribution < 1.29 is 19.1 Å². The fourth-order valence-corrected chi connectivity index (χ4v) is 4.57. The van der Waals surface area contributed by atoms with Crippen LogP contribution >= 0.6 is 0 Å². The molecular formula is C24H27N3O4. The van der Waals surface area contributed by atoms with Crippen molar-refractivity contribution in [1.29, 1.82) is 0 Å². The standard InChI is InChI=1S/C24H27N3O4/c28-23(26-10-13-30-14-11-26)17-5-3-6-18(15-17)25-22-20-8-1-2-9-21(20)24(29)27(22)16-19-7-4-12-31-19/h1-3,5-6,8-9,15,19,22,25H,4,7,10-14,16H2. The Morgan fingerprint density at radius 2 is 1.90 bits per heavy atom. The Bertz CT molecular complexity index is 967. The first kappa shape index (κ1) is 20.0. The van der Waals surface area contributed by atoms with Crippen molar-refractivity contribution in [2.75, 3.05) is 44.8 Å². The summed E-state index contributed by atoms with van der Waals surface area (Å²) in [6.45, 7) is 3.67. The molecule has 1 N–H and O–H groups in total. The molecule has 2 aromatic rings. The van der Waals surface area contributed by atoms with E-state index >= 15 is 0 Å². The zero-order chi connectivity index (χ0) is 21.2. The van der Waals surface area contributed by atoms with E-state index in [9.17, 15) is 9.59 Å². The van der Waals surface area contributed by atoms with E-state index in [1.165, 1.54) is 0 Å². The SMILES string of the molecule is O=C(c1cccc(NC2c3ccccc3C(=O)N2CC2CCCO2)c1)N1CCOCC1. The number of fused-ring (bicyclic) bond motifs is 1. The minimum atomic E-state index is -0.290. The van der Waals surface area contributed by atoms with E-state index in [0.29, 0.717) is 38.4 Å². The van der Waals surface area contributed by atoms with Gasteiger partial charge in [0.2, 0.25) is 0 Å². The van der Waals surface area contributed by atoms with Gasteiger partial charge in [0.1, 0.15) is 6.17 Å². The van der Waals surface area contributed by atoms with E-state index < -0.39 is 0 Å². The van der Waals surface area contributed by atoms with E-state index in [1.807, 2.05) is 58.3 Å². The highest BCUT2D eigenvalue weighted by molar-refractivity contribution is 5.99. The van der Waals surface area contributed by atoms with Crippen LogP contribution in [-0.2, 0) is 9.47 Å². The lowest BCUT2D eigenvalue weighted by molar-refractivity contribution is 0.0303. The number of hydrogen-bond acceptors (Lipinski definition) is 5. The molecule has 0 spiro atoms. The molecule has 0 bridgehead atoms. The minimum absolute atomic E-state index is 0.00561. The molecule has 3 aliphatic rings. The molecule has 2 saturated heterocycles. The van der Waals surface area contributed by atoms with Crippen molar-refractivity contribution in [3.8, 4) is 0 Å². The van der Waals surface area contributed by atoms with Gasteiger partial charge < -0.3 is 24.6 Å². The molecule has 2 aromatic carbocycles. The second-order valence-electron chi connectivity index (χ2n) is 8.21. The van der Waals surface area contributed by atoms with E-state index in [4.69, 9.17) is 9.47 Å². The van der Waals surface area contributed by atoms with Crippen LogP contribution in [0.2, 0.25) is 0 Å². The first-order valence-corrected chi connectivity index (χ1v) is 11.0. The van der Waals surface area contributed by atoms with E-state index in [-0.39, 0.29) is 24.1 Å². The number of nitrogens with zero attached hydrogens (tertiary/aromatic N) is 2. The largest absolute Gasteiger partial charge is 0.378 e. The molecule has 0 aliphatic carbocycles. The summed E-state index contributed by atoms with van der Waals surface area (Å²) in [4.78, 5) is 29.7. The van der Waals surface area contributed by atoms with Crippen molar-refractivity contribution in [3.63, 3.8) is 0 Å². The summed E-state index contributed by atoms with van der Waals surface area (Å²) >= 11 is 0. The van der Waals surface area contributed by atoms with Gasteiger partial charge in [0.25, 0.3) is 11.8 Å². The van der Waals surface area contributed by atoms with Gasteiger partial charge in [0.05, 0.1) is 19.3 Å². The Hall–Kier alpha value is -2.90. The Labute approximate surface area is 181 Å². The average Bonchev–Trinajstić information content (AvgIpc) is 3.42. The van der Waals surface area contributed by atoms with Crippen LogP contribution in [0.15, 0.2) is 48.5 Å². The molecule has 7 nitrogen and oxygen atoms in total. The average molecular weight is 421 g/mol. The molecule has 0 saturated carbocycles. The Morgan fingerprint density at radius 1 is 1.06 bits per heavy atom. The zero-order valence-corrected chi connectivity index (χ0v) is 17.5. The van der Waals surface area contributed by atoms with Gasteiger partial charge in [-0.3, -0.25) is 9.59 Å². The summed E-state index contributed by atoms with van der Waals surface area (Å²) in [5.41, 5.74) is 3.12. The van der Waals surface area contributed by atoms with Gasteiger partial charge in [-0.25, -0.2) is 0 Å². The third-order valence-electron chi connectivity index (χ3n) is 6.19. The van der Waals surface area contributed by atoms with E-state index in [1.54, 1.807) is 0 Å². The highest BCUT2D eigenvalue weighted by Crippen LogP contribution is 2.35. The van der Waals surface area contributed by atoms with Crippen LogP contribution in [0, 0.1) is 0 Å². The number of amides is 2. The predicted octanol–water partition coefficient (Wildman–Crippen LogP) is 2.90. The zero-order valence-electron chi connectivity index (χ0n) is 17.5. The van der Waals surface area contributed by atoms with Gasteiger partial charge in [0.15, 0.2) is 0 Å². The van der Waals surface area contributed by atoms with Crippen LogP contribution < -0.4 is 5.32 Å². The van der Waals surface area contributed by atoms with Crippen LogP contribution in [0.4, 0.5) is 5.69 Å². The summed E-state index contributed by atoms with van der Waals surface area (Å²) in [7, 11) is 0.